The highest BCUT2D eigenvalue weighted by molar-refractivity contribution is 6.02. The van der Waals surface area contributed by atoms with E-state index in [1.807, 2.05) is 13.8 Å². The predicted octanol–water partition coefficient (Wildman–Crippen LogP) is 9.16. The van der Waals surface area contributed by atoms with Gasteiger partial charge in [-0.2, -0.15) is 0 Å². The molecule has 0 radical (unpaired) electrons. The largest absolute Gasteiger partial charge is 0.494 e. The Bertz CT molecular complexity index is 1200. The van der Waals surface area contributed by atoms with Crippen LogP contribution in [0.3, 0.4) is 0 Å². The molecule has 0 spiro atoms. The molecule has 43 heavy (non-hydrogen) atoms. The Morgan fingerprint density at radius 2 is 1.07 bits per heavy atom. The maximum Gasteiger partial charge on any atom is 0.346 e. The minimum Gasteiger partial charge on any atom is -0.494 e. The van der Waals surface area contributed by atoms with Gasteiger partial charge in [0, 0.05) is 0 Å². The Hall–Kier alpha value is -4.13. The lowest BCUT2D eigenvalue weighted by atomic mass is 10.1. The van der Waals surface area contributed by atoms with Crippen molar-refractivity contribution in [1.29, 1.82) is 0 Å². The Kier molecular flexibility index (Phi) is 16.9. The fourth-order valence-corrected chi connectivity index (χ4v) is 4.19. The standard InChI is InChI=1S/C26H34O4.C10H12O3/c1-2-3-4-5-6-7-8-9-10-14-21-29-24-19-17-23(18-20-24)26(28)30-25(27)22-15-12-11-13-16-22;1-7(2)13-9-5-3-8(4-6-9)10(11)12/h11-13,15-20H,2-10,14,21H2,1H3;3-7H,1-2H3,(H,11,12). The highest BCUT2D eigenvalue weighted by Gasteiger charge is 2.14. The van der Waals surface area contributed by atoms with Crippen molar-refractivity contribution in [3.8, 4) is 11.5 Å². The van der Waals surface area contributed by atoms with Crippen LogP contribution in [0.15, 0.2) is 78.9 Å². The second-order valence-corrected chi connectivity index (χ2v) is 10.6. The van der Waals surface area contributed by atoms with Crippen LogP contribution in [0.2, 0.25) is 0 Å². The summed E-state index contributed by atoms with van der Waals surface area (Å²) in [4.78, 5) is 34.6. The lowest BCUT2D eigenvalue weighted by Gasteiger charge is -2.08. The van der Waals surface area contributed by atoms with Gasteiger partial charge in [0.1, 0.15) is 11.5 Å². The van der Waals surface area contributed by atoms with Gasteiger partial charge >= 0.3 is 17.9 Å². The summed E-state index contributed by atoms with van der Waals surface area (Å²) >= 11 is 0. The van der Waals surface area contributed by atoms with Gasteiger partial charge in [-0.05, 0) is 80.9 Å². The minimum atomic E-state index is -0.920. The van der Waals surface area contributed by atoms with Gasteiger partial charge < -0.3 is 19.3 Å². The van der Waals surface area contributed by atoms with Crippen molar-refractivity contribution in [3.63, 3.8) is 0 Å². The fourth-order valence-electron chi connectivity index (χ4n) is 4.19. The number of ether oxygens (including phenoxy) is 3. The van der Waals surface area contributed by atoms with Crippen molar-refractivity contribution in [2.24, 2.45) is 0 Å². The average molecular weight is 591 g/mol. The van der Waals surface area contributed by atoms with E-state index in [0.717, 1.165) is 12.2 Å². The second-order valence-electron chi connectivity index (χ2n) is 10.6. The van der Waals surface area contributed by atoms with E-state index >= 15 is 0 Å². The summed E-state index contributed by atoms with van der Waals surface area (Å²) in [6.07, 6.45) is 13.0. The molecular formula is C36H46O7. The molecule has 0 unspecified atom stereocenters. The maximum atomic E-state index is 12.1. The Morgan fingerprint density at radius 1 is 0.605 bits per heavy atom. The van der Waals surface area contributed by atoms with E-state index < -0.39 is 17.9 Å². The molecule has 0 atom stereocenters. The molecule has 1 N–H and O–H groups in total. The van der Waals surface area contributed by atoms with Gasteiger partial charge in [-0.25, -0.2) is 14.4 Å². The molecule has 0 aliphatic heterocycles. The van der Waals surface area contributed by atoms with Crippen LogP contribution in [0.4, 0.5) is 0 Å². The van der Waals surface area contributed by atoms with Crippen LogP contribution in [0.5, 0.6) is 11.5 Å². The summed E-state index contributed by atoms with van der Waals surface area (Å²) < 4.78 is 16.0. The zero-order valence-corrected chi connectivity index (χ0v) is 25.8. The van der Waals surface area contributed by atoms with Gasteiger partial charge in [0.15, 0.2) is 0 Å². The van der Waals surface area contributed by atoms with Crippen LogP contribution in [0, 0.1) is 0 Å². The van der Waals surface area contributed by atoms with Gasteiger partial charge in [0.25, 0.3) is 0 Å². The van der Waals surface area contributed by atoms with Gasteiger partial charge in [-0.15, -0.1) is 0 Å². The highest BCUT2D eigenvalue weighted by atomic mass is 16.6. The van der Waals surface area contributed by atoms with Crippen molar-refractivity contribution in [2.75, 3.05) is 6.61 Å². The van der Waals surface area contributed by atoms with Gasteiger partial charge in [-0.1, -0.05) is 82.9 Å². The van der Waals surface area contributed by atoms with Crippen LogP contribution in [0.25, 0.3) is 0 Å². The molecule has 0 aliphatic rings. The monoisotopic (exact) mass is 590 g/mol. The molecule has 0 fully saturated rings. The van der Waals surface area contributed by atoms with Crippen LogP contribution in [-0.4, -0.2) is 35.7 Å². The molecule has 3 aromatic carbocycles. The number of esters is 2. The van der Waals surface area contributed by atoms with Gasteiger partial charge in [0.2, 0.25) is 0 Å². The van der Waals surface area contributed by atoms with E-state index in [4.69, 9.17) is 19.3 Å². The zero-order valence-electron chi connectivity index (χ0n) is 25.8. The summed E-state index contributed by atoms with van der Waals surface area (Å²) in [5, 5.41) is 8.62. The zero-order chi connectivity index (χ0) is 31.3. The third-order valence-electron chi connectivity index (χ3n) is 6.52. The summed E-state index contributed by atoms with van der Waals surface area (Å²) in [5.74, 6) is -0.819. The van der Waals surface area contributed by atoms with Gasteiger partial charge in [-0.3, -0.25) is 0 Å². The lowest BCUT2D eigenvalue weighted by molar-refractivity contribution is 0.0397. The lowest BCUT2D eigenvalue weighted by Crippen LogP contribution is -2.12. The van der Waals surface area contributed by atoms with E-state index in [1.165, 1.54) is 69.9 Å². The van der Waals surface area contributed by atoms with Crippen molar-refractivity contribution in [2.45, 2.75) is 91.1 Å². The molecule has 0 saturated heterocycles. The summed E-state index contributed by atoms with van der Waals surface area (Å²) in [7, 11) is 0. The first-order chi connectivity index (χ1) is 20.8. The number of carbonyl (C=O) groups excluding carboxylic acids is 2. The highest BCUT2D eigenvalue weighted by Crippen LogP contribution is 2.16. The van der Waals surface area contributed by atoms with Crippen LogP contribution >= 0.6 is 0 Å². The number of carboxylic acids is 1. The topological polar surface area (TPSA) is 99.1 Å². The summed E-state index contributed by atoms with van der Waals surface area (Å²) in [5.41, 5.74) is 0.948. The third-order valence-corrected chi connectivity index (χ3v) is 6.52. The molecule has 7 nitrogen and oxygen atoms in total. The molecule has 0 heterocycles. The second kappa shape index (κ2) is 20.7. The third kappa shape index (κ3) is 15.1. The number of carboxylic acid groups (broad SMARTS) is 1. The molecule has 0 aromatic heterocycles. The molecule has 0 bridgehead atoms. The maximum absolute atomic E-state index is 12.1. The molecule has 0 aliphatic carbocycles. The average Bonchev–Trinajstić information content (AvgIpc) is 3.01. The number of unbranched alkanes of at least 4 members (excludes halogenated alkanes) is 9. The molecule has 3 rings (SSSR count). The SMILES string of the molecule is CC(C)Oc1ccc(C(=O)O)cc1.CCCCCCCCCCCCOc1ccc(C(=O)OC(=O)c2ccccc2)cc1. The van der Waals surface area contributed by atoms with Crippen molar-refractivity contribution in [3.05, 3.63) is 95.6 Å². The normalized spacial score (nSPS) is 10.4. The Morgan fingerprint density at radius 3 is 1.58 bits per heavy atom. The van der Waals surface area contributed by atoms with Crippen molar-refractivity contribution >= 4 is 17.9 Å². The number of hydrogen-bond acceptors (Lipinski definition) is 6. The van der Waals surface area contributed by atoms with E-state index in [1.54, 1.807) is 66.7 Å². The molecule has 232 valence electrons. The number of carbonyl (C=O) groups is 3. The number of rotatable bonds is 17. The minimum absolute atomic E-state index is 0.107. The van der Waals surface area contributed by atoms with Crippen LogP contribution in [0.1, 0.15) is 116 Å². The van der Waals surface area contributed by atoms with Crippen LogP contribution < -0.4 is 9.47 Å². The number of aromatic carboxylic acids is 1. The quantitative estimate of drug-likeness (QED) is 0.0950. The Labute approximate surface area is 256 Å². The van der Waals surface area contributed by atoms with E-state index in [2.05, 4.69) is 6.92 Å². The van der Waals surface area contributed by atoms with Crippen molar-refractivity contribution in [1.82, 2.24) is 0 Å². The smallest absolute Gasteiger partial charge is 0.346 e. The molecule has 0 amide bonds. The van der Waals surface area contributed by atoms with E-state index in [0.29, 0.717) is 23.5 Å². The van der Waals surface area contributed by atoms with Crippen LogP contribution in [-0.2, 0) is 4.74 Å². The number of hydrogen-bond donors (Lipinski definition) is 1. The Balaban J connectivity index is 0.000000413. The van der Waals surface area contributed by atoms with Crippen molar-refractivity contribution < 1.29 is 33.7 Å². The summed E-state index contributed by atoms with van der Waals surface area (Å²) in [6.45, 7) is 6.77. The first-order valence-electron chi connectivity index (χ1n) is 15.3. The summed E-state index contributed by atoms with van der Waals surface area (Å²) in [6, 6.07) is 21.5. The molecule has 0 saturated carbocycles. The predicted molar refractivity (Wildman–Crippen MR) is 169 cm³/mol. The first kappa shape index (κ1) is 35.1. The number of benzene rings is 3. The molecular weight excluding hydrogens is 544 g/mol. The van der Waals surface area contributed by atoms with E-state index in [-0.39, 0.29) is 11.7 Å². The van der Waals surface area contributed by atoms with Gasteiger partial charge in [0.05, 0.1) is 29.4 Å². The first-order valence-corrected chi connectivity index (χ1v) is 15.3. The van der Waals surface area contributed by atoms with E-state index in [9.17, 15) is 14.4 Å². The molecule has 7 heteroatoms. The fraction of sp³-hybridized carbons (Fsp3) is 0.417. The molecule has 3 aromatic rings.